The van der Waals surface area contributed by atoms with Gasteiger partial charge in [0.25, 0.3) is 5.56 Å². The predicted octanol–water partition coefficient (Wildman–Crippen LogP) is 2.40. The first-order valence-corrected chi connectivity index (χ1v) is 9.73. The number of nitrogens with one attached hydrogen (secondary N) is 2. The van der Waals surface area contributed by atoms with Crippen molar-refractivity contribution in [2.45, 2.75) is 31.7 Å². The second-order valence-corrected chi connectivity index (χ2v) is 7.11. The molecular formula is C21H24N4O3. The van der Waals surface area contributed by atoms with Crippen LogP contribution in [0.4, 0.5) is 0 Å². The van der Waals surface area contributed by atoms with Crippen LogP contribution in [0.5, 0.6) is 0 Å². The molecule has 0 unspecified atom stereocenters. The van der Waals surface area contributed by atoms with Gasteiger partial charge in [0, 0.05) is 19.4 Å². The largest absolute Gasteiger partial charge is 0.468 e. The highest BCUT2D eigenvalue weighted by molar-refractivity contribution is 5.76. The van der Waals surface area contributed by atoms with E-state index in [0.29, 0.717) is 24.2 Å². The summed E-state index contributed by atoms with van der Waals surface area (Å²) in [6.07, 6.45) is 4.53. The van der Waals surface area contributed by atoms with Crippen LogP contribution in [0.25, 0.3) is 11.0 Å². The summed E-state index contributed by atoms with van der Waals surface area (Å²) in [6, 6.07) is 11.3. The summed E-state index contributed by atoms with van der Waals surface area (Å²) in [5.41, 5.74) is 1.57. The van der Waals surface area contributed by atoms with Crippen LogP contribution >= 0.6 is 0 Å². The number of carbonyl (C=O) groups excluding carboxylic acids is 1. The lowest BCUT2D eigenvalue weighted by molar-refractivity contribution is -0.121. The van der Waals surface area contributed by atoms with Crippen molar-refractivity contribution in [3.8, 4) is 0 Å². The van der Waals surface area contributed by atoms with Crippen molar-refractivity contribution >= 4 is 16.9 Å². The van der Waals surface area contributed by atoms with Gasteiger partial charge >= 0.3 is 0 Å². The summed E-state index contributed by atoms with van der Waals surface area (Å²) >= 11 is 0. The van der Waals surface area contributed by atoms with Crippen molar-refractivity contribution in [2.24, 2.45) is 0 Å². The number of aromatic amines is 1. The summed E-state index contributed by atoms with van der Waals surface area (Å²) in [5.74, 6) is 0.778. The van der Waals surface area contributed by atoms with E-state index in [9.17, 15) is 9.59 Å². The second-order valence-electron chi connectivity index (χ2n) is 7.11. The molecule has 1 atom stereocenters. The highest BCUT2D eigenvalue weighted by Gasteiger charge is 2.25. The average molecular weight is 380 g/mol. The maximum absolute atomic E-state index is 12.4. The topological polar surface area (TPSA) is 91.2 Å². The van der Waals surface area contributed by atoms with Gasteiger partial charge in [-0.2, -0.15) is 0 Å². The smallest absolute Gasteiger partial charge is 0.270 e. The van der Waals surface area contributed by atoms with Gasteiger partial charge in [0.05, 0.1) is 23.3 Å². The Hall–Kier alpha value is -2.93. The van der Waals surface area contributed by atoms with E-state index in [0.717, 1.165) is 24.4 Å². The first kappa shape index (κ1) is 18.4. The van der Waals surface area contributed by atoms with Gasteiger partial charge in [0.2, 0.25) is 5.91 Å². The molecule has 1 aromatic carbocycles. The molecule has 1 aliphatic rings. The van der Waals surface area contributed by atoms with Crippen molar-refractivity contribution in [1.29, 1.82) is 0 Å². The number of aromatic nitrogens is 2. The third-order valence-electron chi connectivity index (χ3n) is 5.20. The Balaban J connectivity index is 1.36. The SMILES string of the molecule is O=C(CCc1nc2ccccc2[nH]c1=O)NC[C@@H](c1ccco1)N1CCCC1. The number of hydrogen-bond acceptors (Lipinski definition) is 5. The summed E-state index contributed by atoms with van der Waals surface area (Å²) in [6.45, 7) is 2.52. The third-order valence-corrected chi connectivity index (χ3v) is 5.20. The standard InChI is InChI=1S/C21H24N4O3/c26-20(10-9-17-21(27)24-16-7-2-1-6-15(16)23-17)22-14-18(19-8-5-13-28-19)25-11-3-4-12-25/h1-2,5-8,13,18H,3-4,9-12,14H2,(H,22,26)(H,24,27)/t18-/m0/s1. The van der Waals surface area contributed by atoms with Crippen LogP contribution in [0.2, 0.25) is 0 Å². The number of carbonyl (C=O) groups is 1. The monoisotopic (exact) mass is 380 g/mol. The molecule has 0 aliphatic carbocycles. The molecule has 3 heterocycles. The van der Waals surface area contributed by atoms with Crippen molar-refractivity contribution < 1.29 is 9.21 Å². The van der Waals surface area contributed by atoms with E-state index in [-0.39, 0.29) is 23.9 Å². The minimum Gasteiger partial charge on any atom is -0.468 e. The number of para-hydroxylation sites is 2. The molecule has 2 aromatic heterocycles. The average Bonchev–Trinajstić information content (AvgIpc) is 3.41. The molecule has 28 heavy (non-hydrogen) atoms. The highest BCUT2D eigenvalue weighted by atomic mass is 16.3. The number of aryl methyl sites for hydroxylation is 1. The second kappa shape index (κ2) is 8.39. The number of benzene rings is 1. The van der Waals surface area contributed by atoms with Gasteiger partial charge in [-0.05, 0) is 50.2 Å². The van der Waals surface area contributed by atoms with Crippen LogP contribution in [0.15, 0.2) is 51.9 Å². The number of amides is 1. The Kier molecular flexibility index (Phi) is 5.53. The molecule has 4 rings (SSSR count). The van der Waals surface area contributed by atoms with E-state index in [2.05, 4.69) is 20.2 Å². The van der Waals surface area contributed by atoms with Crippen LogP contribution < -0.4 is 10.9 Å². The van der Waals surface area contributed by atoms with E-state index in [1.807, 2.05) is 36.4 Å². The highest BCUT2D eigenvalue weighted by Crippen LogP contribution is 2.24. The number of nitrogens with zero attached hydrogens (tertiary/aromatic N) is 2. The molecule has 1 amide bonds. The quantitative estimate of drug-likeness (QED) is 0.657. The van der Waals surface area contributed by atoms with Crippen molar-refractivity contribution in [1.82, 2.24) is 20.2 Å². The van der Waals surface area contributed by atoms with Gasteiger partial charge in [-0.3, -0.25) is 14.5 Å². The van der Waals surface area contributed by atoms with E-state index in [1.54, 1.807) is 6.26 Å². The number of furan rings is 1. The van der Waals surface area contributed by atoms with E-state index < -0.39 is 0 Å². The first-order chi connectivity index (χ1) is 13.7. The minimum absolute atomic E-state index is 0.0450. The zero-order valence-electron chi connectivity index (χ0n) is 15.7. The summed E-state index contributed by atoms with van der Waals surface area (Å²) in [5, 5.41) is 2.99. The summed E-state index contributed by atoms with van der Waals surface area (Å²) in [7, 11) is 0. The molecule has 2 N–H and O–H groups in total. The molecule has 0 spiro atoms. The number of likely N-dealkylation sites (tertiary alicyclic amines) is 1. The molecule has 0 bridgehead atoms. The van der Waals surface area contributed by atoms with Crippen LogP contribution in [-0.4, -0.2) is 40.4 Å². The normalized spacial score (nSPS) is 15.7. The van der Waals surface area contributed by atoms with Gasteiger partial charge in [0.1, 0.15) is 11.5 Å². The third kappa shape index (κ3) is 4.14. The maximum atomic E-state index is 12.4. The zero-order chi connectivity index (χ0) is 19.3. The predicted molar refractivity (Wildman–Crippen MR) is 106 cm³/mol. The lowest BCUT2D eigenvalue weighted by atomic mass is 10.1. The van der Waals surface area contributed by atoms with Gasteiger partial charge in [0.15, 0.2) is 0 Å². The molecule has 3 aromatic rings. The Bertz CT molecular complexity index is 990. The minimum atomic E-state index is -0.239. The lowest BCUT2D eigenvalue weighted by Gasteiger charge is -2.26. The number of rotatable bonds is 7. The number of fused-ring (bicyclic) bond motifs is 1. The van der Waals surface area contributed by atoms with E-state index in [1.165, 1.54) is 12.8 Å². The van der Waals surface area contributed by atoms with Crippen molar-refractivity contribution in [3.05, 3.63) is 64.5 Å². The van der Waals surface area contributed by atoms with Crippen molar-refractivity contribution in [3.63, 3.8) is 0 Å². The molecule has 7 heteroatoms. The molecule has 1 aliphatic heterocycles. The maximum Gasteiger partial charge on any atom is 0.270 e. The first-order valence-electron chi connectivity index (χ1n) is 9.73. The molecule has 0 saturated carbocycles. The number of H-pyrrole nitrogens is 1. The molecule has 146 valence electrons. The summed E-state index contributed by atoms with van der Waals surface area (Å²) in [4.78, 5) is 34.1. The van der Waals surface area contributed by atoms with Gasteiger partial charge in [-0.1, -0.05) is 12.1 Å². The molecule has 0 radical (unpaired) electrons. The fourth-order valence-corrected chi connectivity index (χ4v) is 3.71. The van der Waals surface area contributed by atoms with Gasteiger partial charge < -0.3 is 14.7 Å². The van der Waals surface area contributed by atoms with Crippen LogP contribution in [0, 0.1) is 0 Å². The van der Waals surface area contributed by atoms with Gasteiger partial charge in [-0.25, -0.2) is 4.98 Å². The number of hydrogen-bond donors (Lipinski definition) is 2. The lowest BCUT2D eigenvalue weighted by Crippen LogP contribution is -2.36. The molecule has 1 saturated heterocycles. The van der Waals surface area contributed by atoms with Gasteiger partial charge in [-0.15, -0.1) is 0 Å². The van der Waals surface area contributed by atoms with Crippen LogP contribution in [0.1, 0.15) is 36.8 Å². The van der Waals surface area contributed by atoms with Crippen molar-refractivity contribution in [2.75, 3.05) is 19.6 Å². The molecule has 7 nitrogen and oxygen atoms in total. The van der Waals surface area contributed by atoms with E-state index in [4.69, 9.17) is 4.42 Å². The zero-order valence-corrected chi connectivity index (χ0v) is 15.7. The molecule has 1 fully saturated rings. The fraction of sp³-hybridized carbons (Fsp3) is 0.381. The Morgan fingerprint density at radius 1 is 1.21 bits per heavy atom. The van der Waals surface area contributed by atoms with E-state index >= 15 is 0 Å². The fourth-order valence-electron chi connectivity index (χ4n) is 3.71. The van der Waals surface area contributed by atoms with Crippen LogP contribution in [-0.2, 0) is 11.2 Å². The Morgan fingerprint density at radius 2 is 2.04 bits per heavy atom. The van der Waals surface area contributed by atoms with Crippen LogP contribution in [0.3, 0.4) is 0 Å². The molecular weight excluding hydrogens is 356 g/mol. The Morgan fingerprint density at radius 3 is 2.82 bits per heavy atom. The Labute approximate surface area is 162 Å². The summed E-state index contributed by atoms with van der Waals surface area (Å²) < 4.78 is 5.58.